The first-order chi connectivity index (χ1) is 11.1. The highest BCUT2D eigenvalue weighted by atomic mass is 16.5. The third-order valence-electron chi connectivity index (χ3n) is 3.55. The summed E-state index contributed by atoms with van der Waals surface area (Å²) in [6, 6.07) is 15.0. The number of nitrogens with zero attached hydrogens (tertiary/aromatic N) is 1. The number of nitrogens with one attached hydrogen (secondary N) is 1. The predicted octanol–water partition coefficient (Wildman–Crippen LogP) is 4.00. The van der Waals surface area contributed by atoms with Crippen molar-refractivity contribution in [1.82, 2.24) is 10.3 Å². The molecule has 1 amide bonds. The highest BCUT2D eigenvalue weighted by molar-refractivity contribution is 5.92. The van der Waals surface area contributed by atoms with E-state index >= 15 is 0 Å². The van der Waals surface area contributed by atoms with E-state index in [-0.39, 0.29) is 11.9 Å². The zero-order valence-corrected chi connectivity index (χ0v) is 14.0. The van der Waals surface area contributed by atoms with E-state index < -0.39 is 0 Å². The van der Waals surface area contributed by atoms with Crippen molar-refractivity contribution in [2.24, 2.45) is 5.92 Å². The number of ether oxygens (including phenoxy) is 1. The smallest absolute Gasteiger partial charge is 0.270 e. The van der Waals surface area contributed by atoms with E-state index in [4.69, 9.17) is 4.74 Å². The molecule has 0 radical (unpaired) electrons. The van der Waals surface area contributed by atoms with Crippen molar-refractivity contribution < 1.29 is 9.53 Å². The van der Waals surface area contributed by atoms with Gasteiger partial charge in [0.2, 0.25) is 5.88 Å². The van der Waals surface area contributed by atoms with E-state index in [2.05, 4.69) is 24.1 Å². The Morgan fingerprint density at radius 1 is 1.09 bits per heavy atom. The SMILES string of the molecule is CC(C)CCOc1cccc(C(=O)NC(C)c2ccccc2)n1. The van der Waals surface area contributed by atoms with Gasteiger partial charge in [-0.2, -0.15) is 0 Å². The van der Waals surface area contributed by atoms with Gasteiger partial charge in [-0.05, 0) is 30.9 Å². The molecule has 122 valence electrons. The molecule has 2 aromatic rings. The summed E-state index contributed by atoms with van der Waals surface area (Å²) in [5.41, 5.74) is 1.43. The van der Waals surface area contributed by atoms with Gasteiger partial charge in [0.05, 0.1) is 12.6 Å². The number of carbonyl (C=O) groups is 1. The predicted molar refractivity (Wildman–Crippen MR) is 91.5 cm³/mol. The summed E-state index contributed by atoms with van der Waals surface area (Å²) in [7, 11) is 0. The molecule has 1 atom stereocenters. The molecule has 1 aromatic heterocycles. The monoisotopic (exact) mass is 312 g/mol. The van der Waals surface area contributed by atoms with Gasteiger partial charge in [0, 0.05) is 6.07 Å². The van der Waals surface area contributed by atoms with Crippen LogP contribution in [0.2, 0.25) is 0 Å². The maximum atomic E-state index is 12.3. The molecule has 0 aliphatic rings. The van der Waals surface area contributed by atoms with Crippen LogP contribution in [0.1, 0.15) is 49.3 Å². The van der Waals surface area contributed by atoms with Gasteiger partial charge in [0.25, 0.3) is 5.91 Å². The van der Waals surface area contributed by atoms with Gasteiger partial charge in [-0.15, -0.1) is 0 Å². The molecule has 1 N–H and O–H groups in total. The topological polar surface area (TPSA) is 51.2 Å². The zero-order valence-electron chi connectivity index (χ0n) is 14.0. The molecule has 0 aliphatic heterocycles. The molecule has 0 aliphatic carbocycles. The highest BCUT2D eigenvalue weighted by Gasteiger charge is 2.13. The van der Waals surface area contributed by atoms with Gasteiger partial charge in [0.15, 0.2) is 0 Å². The number of hydrogen-bond acceptors (Lipinski definition) is 3. The first-order valence-electron chi connectivity index (χ1n) is 8.02. The Morgan fingerprint density at radius 2 is 1.83 bits per heavy atom. The molecule has 0 saturated carbocycles. The maximum absolute atomic E-state index is 12.3. The summed E-state index contributed by atoms with van der Waals surface area (Å²) in [6.45, 7) is 6.85. The standard InChI is InChI=1S/C19H24N2O2/c1-14(2)12-13-23-18-11-7-10-17(21-18)19(22)20-15(3)16-8-5-4-6-9-16/h4-11,14-15H,12-13H2,1-3H3,(H,20,22). The minimum absolute atomic E-state index is 0.0731. The molecule has 0 saturated heterocycles. The Labute approximate surface area is 137 Å². The minimum Gasteiger partial charge on any atom is -0.478 e. The van der Waals surface area contributed by atoms with Crippen molar-refractivity contribution in [2.75, 3.05) is 6.61 Å². The first kappa shape index (κ1) is 17.0. The quantitative estimate of drug-likeness (QED) is 0.841. The third-order valence-corrected chi connectivity index (χ3v) is 3.55. The molecular formula is C19H24N2O2. The third kappa shape index (κ3) is 5.40. The summed E-state index contributed by atoms with van der Waals surface area (Å²) in [5, 5.41) is 2.96. The Hall–Kier alpha value is -2.36. The molecule has 0 bridgehead atoms. The van der Waals surface area contributed by atoms with Crippen LogP contribution < -0.4 is 10.1 Å². The first-order valence-corrected chi connectivity index (χ1v) is 8.02. The number of amides is 1. The minimum atomic E-state index is -0.198. The second-order valence-electron chi connectivity index (χ2n) is 6.00. The average molecular weight is 312 g/mol. The number of aromatic nitrogens is 1. The normalized spacial score (nSPS) is 12.0. The van der Waals surface area contributed by atoms with Crippen LogP contribution in [-0.2, 0) is 0 Å². The highest BCUT2D eigenvalue weighted by Crippen LogP contribution is 2.13. The van der Waals surface area contributed by atoms with Gasteiger partial charge in [-0.25, -0.2) is 4.98 Å². The summed E-state index contributed by atoms with van der Waals surface area (Å²) < 4.78 is 5.61. The fourth-order valence-corrected chi connectivity index (χ4v) is 2.12. The van der Waals surface area contributed by atoms with Crippen LogP contribution in [0.3, 0.4) is 0 Å². The maximum Gasteiger partial charge on any atom is 0.270 e. The number of hydrogen-bond donors (Lipinski definition) is 1. The lowest BCUT2D eigenvalue weighted by Crippen LogP contribution is -2.27. The second-order valence-corrected chi connectivity index (χ2v) is 6.00. The van der Waals surface area contributed by atoms with Crippen LogP contribution in [0.25, 0.3) is 0 Å². The van der Waals surface area contributed by atoms with Crippen LogP contribution in [0.4, 0.5) is 0 Å². The van der Waals surface area contributed by atoms with Gasteiger partial charge >= 0.3 is 0 Å². The van der Waals surface area contributed by atoms with Gasteiger partial charge in [-0.3, -0.25) is 4.79 Å². The fourth-order valence-electron chi connectivity index (χ4n) is 2.12. The zero-order chi connectivity index (χ0) is 16.7. The van der Waals surface area contributed by atoms with Crippen LogP contribution in [0.5, 0.6) is 5.88 Å². The average Bonchev–Trinajstić information content (AvgIpc) is 2.55. The van der Waals surface area contributed by atoms with E-state index in [1.165, 1.54) is 0 Å². The molecule has 23 heavy (non-hydrogen) atoms. The fraction of sp³-hybridized carbons (Fsp3) is 0.368. The van der Waals surface area contributed by atoms with E-state index in [0.29, 0.717) is 24.1 Å². The summed E-state index contributed by atoms with van der Waals surface area (Å²) in [5.74, 6) is 0.870. The number of rotatable bonds is 7. The van der Waals surface area contributed by atoms with Crippen molar-refractivity contribution in [3.63, 3.8) is 0 Å². The van der Waals surface area contributed by atoms with Crippen LogP contribution >= 0.6 is 0 Å². The molecular weight excluding hydrogens is 288 g/mol. The van der Waals surface area contributed by atoms with E-state index in [9.17, 15) is 4.79 Å². The largest absolute Gasteiger partial charge is 0.478 e. The van der Waals surface area contributed by atoms with Crippen molar-refractivity contribution in [1.29, 1.82) is 0 Å². The Morgan fingerprint density at radius 3 is 2.52 bits per heavy atom. The van der Waals surface area contributed by atoms with Crippen molar-refractivity contribution >= 4 is 5.91 Å². The van der Waals surface area contributed by atoms with E-state index in [0.717, 1.165) is 12.0 Å². The van der Waals surface area contributed by atoms with Crippen LogP contribution in [0.15, 0.2) is 48.5 Å². The molecule has 4 nitrogen and oxygen atoms in total. The van der Waals surface area contributed by atoms with Gasteiger partial charge in [0.1, 0.15) is 5.69 Å². The van der Waals surface area contributed by atoms with Crippen molar-refractivity contribution in [3.05, 3.63) is 59.8 Å². The Bertz CT molecular complexity index is 626. The van der Waals surface area contributed by atoms with E-state index in [1.54, 1.807) is 18.2 Å². The lowest BCUT2D eigenvalue weighted by Gasteiger charge is -2.14. The molecule has 4 heteroatoms. The van der Waals surface area contributed by atoms with Crippen LogP contribution in [-0.4, -0.2) is 17.5 Å². The molecule has 1 heterocycles. The van der Waals surface area contributed by atoms with Gasteiger partial charge in [-0.1, -0.05) is 50.2 Å². The second kappa shape index (κ2) is 8.32. The van der Waals surface area contributed by atoms with Gasteiger partial charge < -0.3 is 10.1 Å². The number of pyridine rings is 1. The lowest BCUT2D eigenvalue weighted by molar-refractivity contribution is 0.0933. The molecule has 0 fully saturated rings. The molecule has 2 rings (SSSR count). The van der Waals surface area contributed by atoms with Crippen LogP contribution in [0, 0.1) is 5.92 Å². The van der Waals surface area contributed by atoms with Crippen molar-refractivity contribution in [3.8, 4) is 5.88 Å². The number of benzene rings is 1. The van der Waals surface area contributed by atoms with E-state index in [1.807, 2.05) is 37.3 Å². The number of carbonyl (C=O) groups excluding carboxylic acids is 1. The summed E-state index contributed by atoms with van der Waals surface area (Å²) in [6.07, 6.45) is 0.961. The molecule has 1 unspecified atom stereocenters. The summed E-state index contributed by atoms with van der Waals surface area (Å²) in [4.78, 5) is 16.6. The molecule has 1 aromatic carbocycles. The summed E-state index contributed by atoms with van der Waals surface area (Å²) >= 11 is 0. The lowest BCUT2D eigenvalue weighted by atomic mass is 10.1. The molecule has 0 spiro atoms. The van der Waals surface area contributed by atoms with Crippen molar-refractivity contribution in [2.45, 2.75) is 33.2 Å². The Balaban J connectivity index is 1.96. The Kier molecular flexibility index (Phi) is 6.15.